The summed E-state index contributed by atoms with van der Waals surface area (Å²) in [6, 6.07) is 12.1. The molecule has 4 amide bonds. The molecule has 1 fully saturated rings. The predicted octanol–water partition coefficient (Wildman–Crippen LogP) is 4.09. The number of imide groups is 1. The fourth-order valence-electron chi connectivity index (χ4n) is 4.06. The summed E-state index contributed by atoms with van der Waals surface area (Å²) >= 11 is 3.07. The summed E-state index contributed by atoms with van der Waals surface area (Å²) in [6.45, 7) is 1.10. The van der Waals surface area contributed by atoms with Crippen LogP contribution < -0.4 is 5.32 Å². The molecule has 3 aromatic rings. The summed E-state index contributed by atoms with van der Waals surface area (Å²) in [5.41, 5.74) is -0.146. The van der Waals surface area contributed by atoms with Gasteiger partial charge in [0, 0.05) is 11.3 Å². The average Bonchev–Trinajstić information content (AvgIpc) is 3.58. The molecule has 2 aliphatic rings. The molecular formula is C23H19FN4O3S2. The van der Waals surface area contributed by atoms with Gasteiger partial charge in [-0.2, -0.15) is 5.10 Å². The number of carbonyl (C=O) groups excluding carboxylic acids is 3. The number of urea groups is 1. The number of hydrogen-bond acceptors (Lipinski definition) is 6. The van der Waals surface area contributed by atoms with Crippen molar-refractivity contribution in [3.63, 3.8) is 0 Å². The van der Waals surface area contributed by atoms with Crippen LogP contribution in [0.1, 0.15) is 34.7 Å². The first-order valence-corrected chi connectivity index (χ1v) is 12.0. The number of hydrogen-bond donors (Lipinski definition) is 1. The van der Waals surface area contributed by atoms with Gasteiger partial charge in [0.1, 0.15) is 17.9 Å². The van der Waals surface area contributed by atoms with Crippen molar-refractivity contribution in [3.8, 4) is 0 Å². The SMILES string of the molecule is CC1(c2ccc(F)cc2)NC(=O)N(CC(=O)N2N=C(c3cccs3)CC2c2cccs2)C1=O. The van der Waals surface area contributed by atoms with Crippen molar-refractivity contribution in [2.45, 2.75) is 24.9 Å². The Morgan fingerprint density at radius 1 is 1.15 bits per heavy atom. The Hall–Kier alpha value is -3.37. The molecule has 2 atom stereocenters. The first-order chi connectivity index (χ1) is 15.9. The van der Waals surface area contributed by atoms with Gasteiger partial charge in [-0.3, -0.25) is 14.5 Å². The highest BCUT2D eigenvalue weighted by Crippen LogP contribution is 2.36. The van der Waals surface area contributed by atoms with Gasteiger partial charge in [0.25, 0.3) is 11.8 Å². The normalized spacial score (nSPS) is 22.6. The number of amides is 4. The van der Waals surface area contributed by atoms with E-state index in [1.807, 2.05) is 35.0 Å². The highest BCUT2D eigenvalue weighted by molar-refractivity contribution is 7.12. The number of rotatable bonds is 5. The number of hydrazone groups is 1. The van der Waals surface area contributed by atoms with Crippen molar-refractivity contribution in [1.82, 2.24) is 15.2 Å². The zero-order chi connectivity index (χ0) is 23.2. The lowest BCUT2D eigenvalue weighted by molar-refractivity contribution is -0.139. The van der Waals surface area contributed by atoms with Gasteiger partial charge < -0.3 is 5.32 Å². The monoisotopic (exact) mass is 482 g/mol. The summed E-state index contributed by atoms with van der Waals surface area (Å²) in [4.78, 5) is 42.0. The molecule has 33 heavy (non-hydrogen) atoms. The van der Waals surface area contributed by atoms with Gasteiger partial charge >= 0.3 is 6.03 Å². The van der Waals surface area contributed by atoms with E-state index in [0.717, 1.165) is 20.4 Å². The molecule has 0 radical (unpaired) electrons. The quantitative estimate of drug-likeness (QED) is 0.556. The lowest BCUT2D eigenvalue weighted by Gasteiger charge is -2.24. The first-order valence-electron chi connectivity index (χ1n) is 10.2. The van der Waals surface area contributed by atoms with E-state index in [9.17, 15) is 18.8 Å². The molecule has 0 saturated carbocycles. The van der Waals surface area contributed by atoms with E-state index in [1.54, 1.807) is 18.3 Å². The van der Waals surface area contributed by atoms with Crippen LogP contribution in [0.25, 0.3) is 0 Å². The molecule has 0 bridgehead atoms. The molecular weight excluding hydrogens is 463 g/mol. The Kier molecular flexibility index (Phi) is 5.34. The van der Waals surface area contributed by atoms with Gasteiger partial charge in [0.15, 0.2) is 0 Å². The highest BCUT2D eigenvalue weighted by Gasteiger charge is 2.50. The molecule has 0 aliphatic carbocycles. The van der Waals surface area contributed by atoms with Crippen LogP contribution in [-0.4, -0.2) is 40.0 Å². The van der Waals surface area contributed by atoms with Crippen LogP contribution in [-0.2, 0) is 15.1 Å². The topological polar surface area (TPSA) is 82.1 Å². The summed E-state index contributed by atoms with van der Waals surface area (Å²) in [7, 11) is 0. The Labute approximate surface area is 197 Å². The number of nitrogens with zero attached hydrogens (tertiary/aromatic N) is 3. The van der Waals surface area contributed by atoms with E-state index in [1.165, 1.54) is 40.6 Å². The Morgan fingerprint density at radius 2 is 1.88 bits per heavy atom. The summed E-state index contributed by atoms with van der Waals surface area (Å²) in [5.74, 6) is -1.46. The second kappa shape index (κ2) is 8.20. The number of nitrogens with one attached hydrogen (secondary N) is 1. The molecule has 1 saturated heterocycles. The summed E-state index contributed by atoms with van der Waals surface area (Å²) in [5, 5.41) is 12.5. The third kappa shape index (κ3) is 3.75. The summed E-state index contributed by atoms with van der Waals surface area (Å²) in [6.07, 6.45) is 0.556. The van der Waals surface area contributed by atoms with E-state index in [4.69, 9.17) is 0 Å². The van der Waals surface area contributed by atoms with E-state index in [0.29, 0.717) is 12.0 Å². The van der Waals surface area contributed by atoms with Gasteiger partial charge in [-0.15, -0.1) is 22.7 Å². The Balaban J connectivity index is 1.40. The van der Waals surface area contributed by atoms with Gasteiger partial charge in [-0.1, -0.05) is 24.3 Å². The number of benzene rings is 1. The fraction of sp³-hybridized carbons (Fsp3) is 0.217. The molecule has 1 aromatic carbocycles. The van der Waals surface area contributed by atoms with E-state index in [-0.39, 0.29) is 6.04 Å². The van der Waals surface area contributed by atoms with E-state index >= 15 is 0 Å². The van der Waals surface area contributed by atoms with Gasteiger partial charge in [-0.05, 0) is 47.5 Å². The maximum atomic E-state index is 13.3. The van der Waals surface area contributed by atoms with Crippen molar-refractivity contribution in [1.29, 1.82) is 0 Å². The second-order valence-corrected chi connectivity index (χ2v) is 9.88. The van der Waals surface area contributed by atoms with Crippen molar-refractivity contribution in [2.24, 2.45) is 5.10 Å². The zero-order valence-electron chi connectivity index (χ0n) is 17.5. The molecule has 2 aromatic heterocycles. The molecule has 10 heteroatoms. The third-order valence-electron chi connectivity index (χ3n) is 5.83. The first kappa shape index (κ1) is 21.5. The third-order valence-corrected chi connectivity index (χ3v) is 7.73. The maximum Gasteiger partial charge on any atom is 0.325 e. The molecule has 4 heterocycles. The summed E-state index contributed by atoms with van der Waals surface area (Å²) < 4.78 is 13.3. The molecule has 2 unspecified atom stereocenters. The van der Waals surface area contributed by atoms with Crippen LogP contribution in [0, 0.1) is 5.82 Å². The van der Waals surface area contributed by atoms with Crippen molar-refractivity contribution in [2.75, 3.05) is 6.54 Å². The minimum Gasteiger partial charge on any atom is -0.319 e. The van der Waals surface area contributed by atoms with Crippen LogP contribution in [0.4, 0.5) is 9.18 Å². The smallest absolute Gasteiger partial charge is 0.319 e. The van der Waals surface area contributed by atoms with Gasteiger partial charge in [0.05, 0.1) is 16.6 Å². The van der Waals surface area contributed by atoms with Crippen molar-refractivity contribution >= 4 is 46.2 Å². The highest BCUT2D eigenvalue weighted by atomic mass is 32.1. The largest absolute Gasteiger partial charge is 0.325 e. The van der Waals surface area contributed by atoms with Crippen LogP contribution in [0.15, 0.2) is 64.4 Å². The van der Waals surface area contributed by atoms with Crippen LogP contribution in [0.3, 0.4) is 0 Å². The Morgan fingerprint density at radius 3 is 2.55 bits per heavy atom. The van der Waals surface area contributed by atoms with E-state index in [2.05, 4.69) is 10.4 Å². The maximum absolute atomic E-state index is 13.3. The molecule has 168 valence electrons. The van der Waals surface area contributed by atoms with Crippen LogP contribution in [0.5, 0.6) is 0 Å². The zero-order valence-corrected chi connectivity index (χ0v) is 19.2. The molecule has 1 N–H and O–H groups in total. The fourth-order valence-corrected chi connectivity index (χ4v) is 5.59. The van der Waals surface area contributed by atoms with E-state index < -0.39 is 35.7 Å². The number of halogens is 1. The van der Waals surface area contributed by atoms with Crippen molar-refractivity contribution < 1.29 is 18.8 Å². The number of thiophene rings is 2. The van der Waals surface area contributed by atoms with Gasteiger partial charge in [-0.25, -0.2) is 14.2 Å². The molecule has 0 spiro atoms. The molecule has 7 nitrogen and oxygen atoms in total. The molecule has 2 aliphatic heterocycles. The minimum atomic E-state index is -1.38. The molecule has 5 rings (SSSR count). The van der Waals surface area contributed by atoms with Crippen LogP contribution >= 0.6 is 22.7 Å². The Bertz CT molecular complexity index is 1240. The standard InChI is InChI=1S/C23H19FN4O3S2/c1-23(14-6-8-15(24)9-7-14)21(30)27(22(31)25-23)13-20(29)28-17(19-5-3-11-33-19)12-16(26-28)18-4-2-10-32-18/h2-11,17H,12-13H2,1H3,(H,25,31). The van der Waals surface area contributed by atoms with Crippen molar-refractivity contribution in [3.05, 3.63) is 80.4 Å². The lowest BCUT2D eigenvalue weighted by Crippen LogP contribution is -2.43. The lowest BCUT2D eigenvalue weighted by atomic mass is 9.92. The average molecular weight is 483 g/mol. The minimum absolute atomic E-state index is 0.293. The predicted molar refractivity (Wildman–Crippen MR) is 123 cm³/mol. The van der Waals surface area contributed by atoms with Crippen LogP contribution in [0.2, 0.25) is 0 Å². The number of carbonyl (C=O) groups is 3. The second-order valence-electron chi connectivity index (χ2n) is 7.95. The van der Waals surface area contributed by atoms with Gasteiger partial charge in [0.2, 0.25) is 0 Å².